The molecule has 0 fully saturated rings. The summed E-state index contributed by atoms with van der Waals surface area (Å²) >= 11 is 4.99. The van der Waals surface area contributed by atoms with Crippen molar-refractivity contribution in [3.63, 3.8) is 0 Å². The van der Waals surface area contributed by atoms with E-state index in [1.165, 1.54) is 11.3 Å². The van der Waals surface area contributed by atoms with Gasteiger partial charge in [0, 0.05) is 14.9 Å². The third kappa shape index (κ3) is 2.35. The molecule has 2 aromatic rings. The fourth-order valence-corrected chi connectivity index (χ4v) is 3.35. The highest BCUT2D eigenvalue weighted by Crippen LogP contribution is 2.29. The Balaban J connectivity index is 2.51. The van der Waals surface area contributed by atoms with Crippen molar-refractivity contribution in [3.05, 3.63) is 55.2 Å². The van der Waals surface area contributed by atoms with Crippen LogP contribution in [0.2, 0.25) is 0 Å². The Morgan fingerprint density at radius 2 is 1.76 bits per heavy atom. The molecule has 1 aromatic carbocycles. The Kier molecular flexibility index (Phi) is 3.50. The Morgan fingerprint density at radius 3 is 2.24 bits per heavy atom. The molecule has 0 N–H and O–H groups in total. The normalized spacial score (nSPS) is 10.6. The first-order valence-corrected chi connectivity index (χ1v) is 6.98. The number of carbonyl (C=O) groups excluding carboxylic acids is 1. The van der Waals surface area contributed by atoms with Gasteiger partial charge in [0.15, 0.2) is 0 Å². The summed E-state index contributed by atoms with van der Waals surface area (Å²) in [5.74, 6) is 0.124. The van der Waals surface area contributed by atoms with Gasteiger partial charge in [0.2, 0.25) is 5.78 Å². The molecule has 88 valence electrons. The predicted octanol–water partition coefficient (Wildman–Crippen LogP) is 4.67. The number of hydrogen-bond donors (Lipinski definition) is 0. The molecule has 0 aliphatic rings. The minimum absolute atomic E-state index is 0.124. The highest BCUT2D eigenvalue weighted by molar-refractivity contribution is 9.10. The van der Waals surface area contributed by atoms with Crippen molar-refractivity contribution in [1.29, 1.82) is 0 Å². The second-order valence-corrected chi connectivity index (χ2v) is 6.22. The van der Waals surface area contributed by atoms with E-state index in [0.717, 1.165) is 30.9 Å². The van der Waals surface area contributed by atoms with Crippen molar-refractivity contribution < 1.29 is 4.79 Å². The Morgan fingerprint density at radius 1 is 1.18 bits per heavy atom. The van der Waals surface area contributed by atoms with E-state index < -0.39 is 0 Å². The Labute approximate surface area is 114 Å². The summed E-state index contributed by atoms with van der Waals surface area (Å²) in [7, 11) is 0. The summed E-state index contributed by atoms with van der Waals surface area (Å²) in [5.41, 5.74) is 2.91. The van der Waals surface area contributed by atoms with Crippen LogP contribution in [0.3, 0.4) is 0 Å². The number of rotatable bonds is 2. The van der Waals surface area contributed by atoms with Crippen LogP contribution < -0.4 is 0 Å². The minimum atomic E-state index is 0.124. The van der Waals surface area contributed by atoms with Gasteiger partial charge in [-0.05, 0) is 53.9 Å². The third-order valence-corrected chi connectivity index (χ3v) is 4.92. The average molecular weight is 309 g/mol. The summed E-state index contributed by atoms with van der Waals surface area (Å²) < 4.78 is 1.01. The first kappa shape index (κ1) is 12.5. The molecule has 1 nitrogen and oxygen atoms in total. The number of aryl methyl sites for hydroxylation is 3. The zero-order valence-electron chi connectivity index (χ0n) is 10.0. The third-order valence-electron chi connectivity index (χ3n) is 2.79. The van der Waals surface area contributed by atoms with Crippen LogP contribution in [0.15, 0.2) is 28.7 Å². The monoisotopic (exact) mass is 308 g/mol. The maximum atomic E-state index is 12.4. The van der Waals surface area contributed by atoms with Gasteiger partial charge < -0.3 is 0 Å². The maximum absolute atomic E-state index is 12.4. The topological polar surface area (TPSA) is 17.1 Å². The lowest BCUT2D eigenvalue weighted by Crippen LogP contribution is -2.04. The fraction of sp³-hybridized carbons (Fsp3) is 0.214. The quantitative estimate of drug-likeness (QED) is 0.737. The van der Waals surface area contributed by atoms with E-state index in [9.17, 15) is 4.79 Å². The molecule has 0 atom stereocenters. The molecule has 0 spiro atoms. The van der Waals surface area contributed by atoms with Crippen molar-refractivity contribution >= 4 is 33.0 Å². The lowest BCUT2D eigenvalue weighted by atomic mass is 9.98. The van der Waals surface area contributed by atoms with Crippen LogP contribution in [-0.2, 0) is 0 Å². The number of carbonyl (C=O) groups is 1. The largest absolute Gasteiger partial charge is 0.288 e. The van der Waals surface area contributed by atoms with E-state index >= 15 is 0 Å². The molecule has 0 aliphatic heterocycles. The van der Waals surface area contributed by atoms with Gasteiger partial charge in [-0.3, -0.25) is 4.79 Å². The number of halogens is 1. The maximum Gasteiger partial charge on any atom is 0.203 e. The van der Waals surface area contributed by atoms with Gasteiger partial charge in [-0.15, -0.1) is 11.3 Å². The predicted molar refractivity (Wildman–Crippen MR) is 76.1 cm³/mol. The van der Waals surface area contributed by atoms with Gasteiger partial charge >= 0.3 is 0 Å². The molecule has 0 radical (unpaired) electrons. The second-order valence-electron chi connectivity index (χ2n) is 4.11. The van der Waals surface area contributed by atoms with Crippen LogP contribution in [0.5, 0.6) is 0 Å². The highest BCUT2D eigenvalue weighted by atomic mass is 79.9. The van der Waals surface area contributed by atoms with Crippen LogP contribution in [0.4, 0.5) is 0 Å². The molecule has 3 heteroatoms. The fourth-order valence-electron chi connectivity index (χ4n) is 1.87. The molecule has 0 unspecified atom stereocenters. The molecular formula is C14H13BrOS. The zero-order chi connectivity index (χ0) is 12.6. The van der Waals surface area contributed by atoms with Gasteiger partial charge in [0.05, 0.1) is 4.88 Å². The van der Waals surface area contributed by atoms with Crippen molar-refractivity contribution in [2.75, 3.05) is 0 Å². The number of ketones is 1. The minimum Gasteiger partial charge on any atom is -0.288 e. The van der Waals surface area contributed by atoms with E-state index in [0.29, 0.717) is 0 Å². The molecular weight excluding hydrogens is 296 g/mol. The molecule has 1 aromatic heterocycles. The Hall–Kier alpha value is -0.930. The standard InChI is InChI=1S/C14H13BrOS/c1-8-5-4-6-9(2)13(8)14(16)12-7-11(15)10(3)17-12/h4-7H,1-3H3. The number of benzene rings is 1. The molecule has 0 saturated carbocycles. The van der Waals surface area contributed by atoms with Gasteiger partial charge in [-0.1, -0.05) is 18.2 Å². The lowest BCUT2D eigenvalue weighted by Gasteiger charge is -2.06. The van der Waals surface area contributed by atoms with Crippen LogP contribution in [0.25, 0.3) is 0 Å². The van der Waals surface area contributed by atoms with Crippen molar-refractivity contribution in [2.24, 2.45) is 0 Å². The summed E-state index contributed by atoms with van der Waals surface area (Å²) in [5, 5.41) is 0. The van der Waals surface area contributed by atoms with Gasteiger partial charge in [-0.2, -0.15) is 0 Å². The number of thiophene rings is 1. The average Bonchev–Trinajstić information content (AvgIpc) is 2.59. The SMILES string of the molecule is Cc1cccc(C)c1C(=O)c1cc(Br)c(C)s1. The molecule has 17 heavy (non-hydrogen) atoms. The summed E-state index contributed by atoms with van der Waals surface area (Å²) in [4.78, 5) is 14.4. The van der Waals surface area contributed by atoms with E-state index in [-0.39, 0.29) is 5.78 Å². The molecule has 1 heterocycles. The highest BCUT2D eigenvalue weighted by Gasteiger charge is 2.17. The molecule has 0 aliphatic carbocycles. The zero-order valence-corrected chi connectivity index (χ0v) is 12.4. The van der Waals surface area contributed by atoms with Crippen LogP contribution in [0, 0.1) is 20.8 Å². The first-order valence-electron chi connectivity index (χ1n) is 5.37. The van der Waals surface area contributed by atoms with Gasteiger partial charge in [0.25, 0.3) is 0 Å². The summed E-state index contributed by atoms with van der Waals surface area (Å²) in [6.45, 7) is 5.97. The van der Waals surface area contributed by atoms with Crippen molar-refractivity contribution in [2.45, 2.75) is 20.8 Å². The van der Waals surface area contributed by atoms with E-state index in [1.807, 2.05) is 45.0 Å². The Bertz CT molecular complexity index is 544. The molecule has 0 saturated heterocycles. The first-order chi connectivity index (χ1) is 8.00. The smallest absolute Gasteiger partial charge is 0.203 e. The summed E-state index contributed by atoms with van der Waals surface area (Å²) in [6.07, 6.45) is 0. The number of hydrogen-bond acceptors (Lipinski definition) is 2. The van der Waals surface area contributed by atoms with E-state index in [2.05, 4.69) is 15.9 Å². The van der Waals surface area contributed by atoms with Gasteiger partial charge in [-0.25, -0.2) is 0 Å². The second kappa shape index (κ2) is 4.75. The van der Waals surface area contributed by atoms with E-state index in [1.54, 1.807) is 0 Å². The van der Waals surface area contributed by atoms with Crippen LogP contribution in [-0.4, -0.2) is 5.78 Å². The molecule has 0 bridgehead atoms. The van der Waals surface area contributed by atoms with Crippen LogP contribution >= 0.6 is 27.3 Å². The van der Waals surface area contributed by atoms with Gasteiger partial charge in [0.1, 0.15) is 0 Å². The molecule has 2 rings (SSSR count). The van der Waals surface area contributed by atoms with E-state index in [4.69, 9.17) is 0 Å². The van der Waals surface area contributed by atoms with Crippen molar-refractivity contribution in [1.82, 2.24) is 0 Å². The lowest BCUT2D eigenvalue weighted by molar-refractivity contribution is 0.104. The molecule has 0 amide bonds. The van der Waals surface area contributed by atoms with Crippen LogP contribution in [0.1, 0.15) is 31.2 Å². The summed E-state index contributed by atoms with van der Waals surface area (Å²) in [6, 6.07) is 7.86. The van der Waals surface area contributed by atoms with Crippen molar-refractivity contribution in [3.8, 4) is 0 Å².